The van der Waals surface area contributed by atoms with E-state index in [1.165, 1.54) is 0 Å². The van der Waals surface area contributed by atoms with E-state index < -0.39 is 5.60 Å². The molecule has 1 aliphatic heterocycles. The van der Waals surface area contributed by atoms with Crippen LogP contribution in [0.4, 0.5) is 10.5 Å². The SMILES string of the molecule is Cc1cc(C(=O)NN)ccc1N1CCN(C(=O)OC(C)(C)C)CC1. The summed E-state index contributed by atoms with van der Waals surface area (Å²) in [7, 11) is 0. The van der Waals surface area contributed by atoms with Gasteiger partial charge in [0.25, 0.3) is 5.91 Å². The van der Waals surface area contributed by atoms with E-state index in [0.29, 0.717) is 18.7 Å². The molecule has 7 nitrogen and oxygen atoms in total. The molecular formula is C17H26N4O3. The molecule has 24 heavy (non-hydrogen) atoms. The predicted octanol–water partition coefficient (Wildman–Crippen LogP) is 1.66. The first-order chi connectivity index (χ1) is 11.2. The molecule has 2 amide bonds. The molecule has 132 valence electrons. The summed E-state index contributed by atoms with van der Waals surface area (Å²) in [5.74, 6) is 4.86. The van der Waals surface area contributed by atoms with Crippen molar-refractivity contribution in [2.45, 2.75) is 33.3 Å². The number of aryl methyl sites for hydroxylation is 1. The zero-order valence-corrected chi connectivity index (χ0v) is 14.8. The number of nitrogens with zero attached hydrogens (tertiary/aromatic N) is 2. The van der Waals surface area contributed by atoms with Crippen LogP contribution in [0.1, 0.15) is 36.7 Å². The highest BCUT2D eigenvalue weighted by Crippen LogP contribution is 2.23. The number of hydrazine groups is 1. The van der Waals surface area contributed by atoms with Crippen molar-refractivity contribution in [3.05, 3.63) is 29.3 Å². The number of nitrogens with one attached hydrogen (secondary N) is 1. The molecule has 0 unspecified atom stereocenters. The number of carbonyl (C=O) groups excluding carboxylic acids is 2. The van der Waals surface area contributed by atoms with Crippen LogP contribution in [0.15, 0.2) is 18.2 Å². The number of benzene rings is 1. The molecule has 0 saturated carbocycles. The number of nitrogens with two attached hydrogens (primary N) is 1. The summed E-state index contributed by atoms with van der Waals surface area (Å²) in [5.41, 5.74) is 4.25. The van der Waals surface area contributed by atoms with E-state index in [-0.39, 0.29) is 12.0 Å². The largest absolute Gasteiger partial charge is 0.444 e. The van der Waals surface area contributed by atoms with Gasteiger partial charge in [-0.15, -0.1) is 0 Å². The lowest BCUT2D eigenvalue weighted by molar-refractivity contribution is 0.0240. The van der Waals surface area contributed by atoms with Crippen LogP contribution in [0.5, 0.6) is 0 Å². The summed E-state index contributed by atoms with van der Waals surface area (Å²) >= 11 is 0. The van der Waals surface area contributed by atoms with Gasteiger partial charge < -0.3 is 14.5 Å². The van der Waals surface area contributed by atoms with E-state index in [9.17, 15) is 9.59 Å². The first-order valence-electron chi connectivity index (χ1n) is 8.06. The molecule has 3 N–H and O–H groups in total. The molecule has 0 atom stereocenters. The van der Waals surface area contributed by atoms with Gasteiger partial charge in [0.05, 0.1) is 0 Å². The first-order valence-corrected chi connectivity index (χ1v) is 8.06. The summed E-state index contributed by atoms with van der Waals surface area (Å²) in [6, 6.07) is 5.49. The van der Waals surface area contributed by atoms with Crippen LogP contribution in [0, 0.1) is 6.92 Å². The topological polar surface area (TPSA) is 87.9 Å². The molecule has 1 heterocycles. The number of anilines is 1. The summed E-state index contributed by atoms with van der Waals surface area (Å²) < 4.78 is 5.41. The van der Waals surface area contributed by atoms with Crippen molar-refractivity contribution >= 4 is 17.7 Å². The molecule has 1 saturated heterocycles. The van der Waals surface area contributed by atoms with Gasteiger partial charge in [0.15, 0.2) is 0 Å². The molecule has 1 aromatic rings. The molecule has 0 spiro atoms. The third-order valence-electron chi connectivity index (χ3n) is 3.86. The van der Waals surface area contributed by atoms with Gasteiger partial charge in [0.2, 0.25) is 0 Å². The summed E-state index contributed by atoms with van der Waals surface area (Å²) in [6.07, 6.45) is -0.270. The van der Waals surface area contributed by atoms with Crippen molar-refractivity contribution in [2.75, 3.05) is 31.1 Å². The van der Waals surface area contributed by atoms with E-state index in [1.54, 1.807) is 11.0 Å². The lowest BCUT2D eigenvalue weighted by Crippen LogP contribution is -2.50. The molecule has 2 rings (SSSR count). The van der Waals surface area contributed by atoms with E-state index in [2.05, 4.69) is 10.3 Å². The Balaban J connectivity index is 2.00. The Morgan fingerprint density at radius 3 is 2.29 bits per heavy atom. The van der Waals surface area contributed by atoms with Crippen molar-refractivity contribution in [1.29, 1.82) is 0 Å². The number of piperazine rings is 1. The molecule has 1 aromatic carbocycles. The Morgan fingerprint density at radius 1 is 1.17 bits per heavy atom. The van der Waals surface area contributed by atoms with Crippen molar-refractivity contribution in [3.8, 4) is 0 Å². The second-order valence-corrected chi connectivity index (χ2v) is 6.93. The highest BCUT2D eigenvalue weighted by Gasteiger charge is 2.26. The van der Waals surface area contributed by atoms with Crippen molar-refractivity contribution < 1.29 is 14.3 Å². The normalized spacial score (nSPS) is 15.2. The van der Waals surface area contributed by atoms with Gasteiger partial charge in [-0.3, -0.25) is 10.2 Å². The molecule has 0 aromatic heterocycles. The van der Waals surface area contributed by atoms with Crippen molar-refractivity contribution in [2.24, 2.45) is 5.84 Å². The van der Waals surface area contributed by atoms with Crippen LogP contribution in [0.2, 0.25) is 0 Å². The molecule has 1 fully saturated rings. The number of hydrogen-bond donors (Lipinski definition) is 2. The second-order valence-electron chi connectivity index (χ2n) is 6.93. The average Bonchev–Trinajstić information content (AvgIpc) is 2.52. The maximum Gasteiger partial charge on any atom is 0.410 e. The quantitative estimate of drug-likeness (QED) is 0.488. The highest BCUT2D eigenvalue weighted by atomic mass is 16.6. The number of ether oxygens (including phenoxy) is 1. The van der Waals surface area contributed by atoms with Gasteiger partial charge in [-0.25, -0.2) is 10.6 Å². The third-order valence-corrected chi connectivity index (χ3v) is 3.86. The van der Waals surface area contributed by atoms with Crippen molar-refractivity contribution in [1.82, 2.24) is 10.3 Å². The van der Waals surface area contributed by atoms with Gasteiger partial charge in [-0.1, -0.05) is 0 Å². The first kappa shape index (κ1) is 18.1. The third kappa shape index (κ3) is 4.38. The minimum Gasteiger partial charge on any atom is -0.444 e. The minimum absolute atomic E-state index is 0.270. The average molecular weight is 334 g/mol. The van der Waals surface area contributed by atoms with E-state index in [4.69, 9.17) is 10.6 Å². The fourth-order valence-electron chi connectivity index (χ4n) is 2.69. The van der Waals surface area contributed by atoms with Crippen LogP contribution >= 0.6 is 0 Å². The summed E-state index contributed by atoms with van der Waals surface area (Å²) in [5, 5.41) is 0. The summed E-state index contributed by atoms with van der Waals surface area (Å²) in [6.45, 7) is 10.2. The molecule has 0 bridgehead atoms. The number of carbonyl (C=O) groups is 2. The Labute approximate surface area is 142 Å². The van der Waals surface area contributed by atoms with Gasteiger partial charge in [0.1, 0.15) is 5.60 Å². The standard InChI is InChI=1S/C17H26N4O3/c1-12-11-13(15(22)19-18)5-6-14(12)20-7-9-21(10-8-20)16(23)24-17(2,3)4/h5-6,11H,7-10,18H2,1-4H3,(H,19,22). The zero-order valence-electron chi connectivity index (χ0n) is 14.8. The monoisotopic (exact) mass is 334 g/mol. The van der Waals surface area contributed by atoms with Crippen LogP contribution in [-0.2, 0) is 4.74 Å². The van der Waals surface area contributed by atoms with E-state index >= 15 is 0 Å². The Bertz CT molecular complexity index is 617. The maximum atomic E-state index is 12.1. The predicted molar refractivity (Wildman–Crippen MR) is 92.9 cm³/mol. The minimum atomic E-state index is -0.482. The van der Waals surface area contributed by atoms with Crippen molar-refractivity contribution in [3.63, 3.8) is 0 Å². The molecule has 0 radical (unpaired) electrons. The smallest absolute Gasteiger partial charge is 0.410 e. The van der Waals surface area contributed by atoms with Gasteiger partial charge >= 0.3 is 6.09 Å². The van der Waals surface area contributed by atoms with Crippen LogP contribution in [-0.4, -0.2) is 48.7 Å². The number of rotatable bonds is 2. The zero-order chi connectivity index (χ0) is 17.9. The lowest BCUT2D eigenvalue weighted by atomic mass is 10.1. The Kier molecular flexibility index (Phi) is 5.33. The summed E-state index contributed by atoms with van der Waals surface area (Å²) in [4.78, 5) is 27.6. The number of amides is 2. The highest BCUT2D eigenvalue weighted by molar-refractivity contribution is 5.94. The molecular weight excluding hydrogens is 308 g/mol. The van der Waals surface area contributed by atoms with E-state index in [1.807, 2.05) is 39.8 Å². The lowest BCUT2D eigenvalue weighted by Gasteiger charge is -2.37. The van der Waals surface area contributed by atoms with Gasteiger partial charge in [0, 0.05) is 37.4 Å². The second kappa shape index (κ2) is 7.09. The van der Waals surface area contributed by atoms with E-state index in [0.717, 1.165) is 24.3 Å². The maximum absolute atomic E-state index is 12.1. The number of hydrogen-bond acceptors (Lipinski definition) is 5. The fraction of sp³-hybridized carbons (Fsp3) is 0.529. The molecule has 0 aliphatic carbocycles. The van der Waals surface area contributed by atoms with Crippen LogP contribution < -0.4 is 16.2 Å². The number of nitrogen functional groups attached to an aromatic ring is 1. The Morgan fingerprint density at radius 2 is 1.79 bits per heavy atom. The van der Waals surface area contributed by atoms with Gasteiger partial charge in [-0.2, -0.15) is 0 Å². The van der Waals surface area contributed by atoms with Crippen LogP contribution in [0.25, 0.3) is 0 Å². The Hall–Kier alpha value is -2.28. The van der Waals surface area contributed by atoms with Gasteiger partial charge in [-0.05, 0) is 51.5 Å². The molecule has 7 heteroatoms. The van der Waals surface area contributed by atoms with Crippen LogP contribution in [0.3, 0.4) is 0 Å². The molecule has 1 aliphatic rings. The fourth-order valence-corrected chi connectivity index (χ4v) is 2.69.